The van der Waals surface area contributed by atoms with E-state index < -0.39 is 0 Å². The van der Waals surface area contributed by atoms with Crippen molar-refractivity contribution in [3.05, 3.63) is 42.2 Å². The number of nitrogens with zero attached hydrogens (tertiary/aromatic N) is 3. The Morgan fingerprint density at radius 3 is 2.87 bits per heavy atom. The Hall–Kier alpha value is -2.41. The lowest BCUT2D eigenvalue weighted by molar-refractivity contribution is 0.0942. The van der Waals surface area contributed by atoms with Crippen LogP contribution >= 0.6 is 0 Å². The molecule has 1 aromatic carbocycles. The van der Waals surface area contributed by atoms with Crippen LogP contribution < -0.4 is 15.4 Å². The fourth-order valence-corrected chi connectivity index (χ4v) is 2.57. The number of para-hydroxylation sites is 1. The number of benzene rings is 1. The molecule has 0 bridgehead atoms. The van der Waals surface area contributed by atoms with Gasteiger partial charge in [-0.05, 0) is 38.1 Å². The first-order valence-electron chi connectivity index (χ1n) is 7.91. The molecule has 1 aromatic heterocycles. The second-order valence-corrected chi connectivity index (χ2v) is 5.48. The molecule has 0 spiro atoms. The highest BCUT2D eigenvalue weighted by Crippen LogP contribution is 2.16. The van der Waals surface area contributed by atoms with E-state index in [0.717, 1.165) is 31.7 Å². The van der Waals surface area contributed by atoms with Crippen LogP contribution in [0.2, 0.25) is 0 Å². The van der Waals surface area contributed by atoms with E-state index in [-0.39, 0.29) is 5.91 Å². The molecule has 7 nitrogen and oxygen atoms in total. The Morgan fingerprint density at radius 1 is 1.30 bits per heavy atom. The summed E-state index contributed by atoms with van der Waals surface area (Å²) in [4.78, 5) is 12.1. The predicted molar refractivity (Wildman–Crippen MR) is 85.4 cm³/mol. The summed E-state index contributed by atoms with van der Waals surface area (Å²) < 4.78 is 7.33. The number of aromatic nitrogens is 3. The Balaban J connectivity index is 1.44. The first-order chi connectivity index (χ1) is 11.3. The van der Waals surface area contributed by atoms with E-state index >= 15 is 0 Å². The predicted octanol–water partition coefficient (Wildman–Crippen LogP) is 1.01. The van der Waals surface area contributed by atoms with Crippen molar-refractivity contribution in [1.82, 2.24) is 25.6 Å². The SMILES string of the molecule is O=C(NCCOc1ccccc1)c1cn(C2CCNCC2)nn1. The highest BCUT2D eigenvalue weighted by Gasteiger charge is 2.18. The number of carbonyl (C=O) groups excluding carboxylic acids is 1. The minimum atomic E-state index is -0.221. The van der Waals surface area contributed by atoms with Crippen LogP contribution in [0.4, 0.5) is 0 Å². The monoisotopic (exact) mass is 315 g/mol. The van der Waals surface area contributed by atoms with Crippen molar-refractivity contribution >= 4 is 5.91 Å². The molecule has 1 fully saturated rings. The summed E-state index contributed by atoms with van der Waals surface area (Å²) >= 11 is 0. The summed E-state index contributed by atoms with van der Waals surface area (Å²) in [6, 6.07) is 9.84. The lowest BCUT2D eigenvalue weighted by Gasteiger charge is -2.22. The molecular weight excluding hydrogens is 294 g/mol. The van der Waals surface area contributed by atoms with Gasteiger partial charge in [0.25, 0.3) is 5.91 Å². The van der Waals surface area contributed by atoms with Crippen LogP contribution in [-0.4, -0.2) is 47.1 Å². The summed E-state index contributed by atoms with van der Waals surface area (Å²) in [6.45, 7) is 2.79. The number of piperidine rings is 1. The maximum atomic E-state index is 12.1. The van der Waals surface area contributed by atoms with Gasteiger partial charge in [-0.2, -0.15) is 0 Å². The zero-order chi connectivity index (χ0) is 15.9. The van der Waals surface area contributed by atoms with E-state index in [1.165, 1.54) is 0 Å². The van der Waals surface area contributed by atoms with Crippen molar-refractivity contribution in [1.29, 1.82) is 0 Å². The maximum absolute atomic E-state index is 12.1. The van der Waals surface area contributed by atoms with E-state index in [2.05, 4.69) is 20.9 Å². The molecule has 3 rings (SSSR count). The van der Waals surface area contributed by atoms with E-state index in [1.54, 1.807) is 10.9 Å². The van der Waals surface area contributed by atoms with Crippen molar-refractivity contribution in [2.24, 2.45) is 0 Å². The number of rotatable bonds is 6. The normalized spacial score (nSPS) is 15.3. The standard InChI is InChI=1S/C16H21N5O2/c22-16(18-10-11-23-14-4-2-1-3-5-14)15-12-21(20-19-15)13-6-8-17-9-7-13/h1-5,12-13,17H,6-11H2,(H,18,22). The van der Waals surface area contributed by atoms with Gasteiger partial charge in [-0.1, -0.05) is 23.4 Å². The summed E-state index contributed by atoms with van der Waals surface area (Å²) in [5.74, 6) is 0.570. The van der Waals surface area contributed by atoms with Crippen molar-refractivity contribution in [2.45, 2.75) is 18.9 Å². The smallest absolute Gasteiger partial charge is 0.273 e. The average molecular weight is 315 g/mol. The van der Waals surface area contributed by atoms with Crippen LogP contribution in [0.15, 0.2) is 36.5 Å². The van der Waals surface area contributed by atoms with Gasteiger partial charge >= 0.3 is 0 Å². The number of hydrogen-bond acceptors (Lipinski definition) is 5. The molecule has 0 aliphatic carbocycles. The van der Waals surface area contributed by atoms with Crippen molar-refractivity contribution in [3.8, 4) is 5.75 Å². The van der Waals surface area contributed by atoms with Gasteiger partial charge in [0.05, 0.1) is 18.8 Å². The zero-order valence-corrected chi connectivity index (χ0v) is 12.9. The average Bonchev–Trinajstić information content (AvgIpc) is 3.10. The van der Waals surface area contributed by atoms with Crippen LogP contribution in [0, 0.1) is 0 Å². The van der Waals surface area contributed by atoms with Crippen LogP contribution in [0.5, 0.6) is 5.75 Å². The van der Waals surface area contributed by atoms with Crippen molar-refractivity contribution in [2.75, 3.05) is 26.2 Å². The van der Waals surface area contributed by atoms with Gasteiger partial charge in [-0.3, -0.25) is 4.79 Å². The molecule has 7 heteroatoms. The van der Waals surface area contributed by atoms with Crippen LogP contribution in [0.25, 0.3) is 0 Å². The molecule has 0 atom stereocenters. The van der Waals surface area contributed by atoms with Gasteiger partial charge < -0.3 is 15.4 Å². The summed E-state index contributed by atoms with van der Waals surface area (Å²) in [6.07, 6.45) is 3.74. The first-order valence-corrected chi connectivity index (χ1v) is 7.91. The topological polar surface area (TPSA) is 81.1 Å². The third-order valence-corrected chi connectivity index (χ3v) is 3.83. The van der Waals surface area contributed by atoms with Gasteiger partial charge in [0.2, 0.25) is 0 Å². The van der Waals surface area contributed by atoms with Gasteiger partial charge in [0.15, 0.2) is 5.69 Å². The molecule has 1 amide bonds. The minimum Gasteiger partial charge on any atom is -0.492 e. The van der Waals surface area contributed by atoms with Gasteiger partial charge in [-0.15, -0.1) is 5.10 Å². The minimum absolute atomic E-state index is 0.221. The van der Waals surface area contributed by atoms with Gasteiger partial charge in [0.1, 0.15) is 12.4 Å². The molecule has 23 heavy (non-hydrogen) atoms. The van der Waals surface area contributed by atoms with Gasteiger partial charge in [-0.25, -0.2) is 4.68 Å². The summed E-state index contributed by atoms with van der Waals surface area (Å²) in [7, 11) is 0. The molecule has 1 aliphatic rings. The Labute approximate surface area is 135 Å². The highest BCUT2D eigenvalue weighted by atomic mass is 16.5. The molecular formula is C16H21N5O2. The molecule has 0 radical (unpaired) electrons. The Bertz CT molecular complexity index is 622. The zero-order valence-electron chi connectivity index (χ0n) is 12.9. The number of hydrogen-bond donors (Lipinski definition) is 2. The van der Waals surface area contributed by atoms with Crippen LogP contribution in [0.3, 0.4) is 0 Å². The molecule has 1 aliphatic heterocycles. The Kier molecular flexibility index (Phi) is 5.21. The maximum Gasteiger partial charge on any atom is 0.273 e. The number of amides is 1. The lowest BCUT2D eigenvalue weighted by atomic mass is 10.1. The molecule has 2 aromatic rings. The highest BCUT2D eigenvalue weighted by molar-refractivity contribution is 5.91. The second kappa shape index (κ2) is 7.73. The lowest BCUT2D eigenvalue weighted by Crippen LogP contribution is -2.30. The summed E-state index contributed by atoms with van der Waals surface area (Å²) in [5.41, 5.74) is 0.350. The Morgan fingerprint density at radius 2 is 2.09 bits per heavy atom. The van der Waals surface area contributed by atoms with Crippen LogP contribution in [0.1, 0.15) is 29.4 Å². The second-order valence-electron chi connectivity index (χ2n) is 5.48. The quantitative estimate of drug-likeness (QED) is 0.778. The van der Waals surface area contributed by atoms with E-state index in [9.17, 15) is 4.79 Å². The van der Waals surface area contributed by atoms with Gasteiger partial charge in [0, 0.05) is 0 Å². The third-order valence-electron chi connectivity index (χ3n) is 3.83. The molecule has 0 saturated carbocycles. The van der Waals surface area contributed by atoms with E-state index in [0.29, 0.717) is 24.9 Å². The van der Waals surface area contributed by atoms with Crippen LogP contribution in [-0.2, 0) is 0 Å². The molecule has 2 heterocycles. The molecule has 1 saturated heterocycles. The van der Waals surface area contributed by atoms with E-state index in [4.69, 9.17) is 4.74 Å². The van der Waals surface area contributed by atoms with Crippen molar-refractivity contribution in [3.63, 3.8) is 0 Å². The number of carbonyl (C=O) groups is 1. The fraction of sp³-hybridized carbons (Fsp3) is 0.438. The van der Waals surface area contributed by atoms with E-state index in [1.807, 2.05) is 30.3 Å². The molecule has 2 N–H and O–H groups in total. The third kappa shape index (κ3) is 4.29. The van der Waals surface area contributed by atoms with Crippen molar-refractivity contribution < 1.29 is 9.53 Å². The largest absolute Gasteiger partial charge is 0.492 e. The number of ether oxygens (including phenoxy) is 1. The molecule has 0 unspecified atom stereocenters. The fourth-order valence-electron chi connectivity index (χ4n) is 2.57. The summed E-state index contributed by atoms with van der Waals surface area (Å²) in [5, 5.41) is 14.2. The first kappa shape index (κ1) is 15.5. The number of nitrogens with one attached hydrogen (secondary N) is 2. The molecule has 122 valence electrons.